The summed E-state index contributed by atoms with van der Waals surface area (Å²) in [5.74, 6) is -0.307. The van der Waals surface area contributed by atoms with Crippen LogP contribution < -0.4 is 0 Å². The van der Waals surface area contributed by atoms with Crippen molar-refractivity contribution in [3.05, 3.63) is 0 Å². The summed E-state index contributed by atoms with van der Waals surface area (Å²) in [6, 6.07) is 0. The van der Waals surface area contributed by atoms with Gasteiger partial charge in [-0.15, -0.1) is 0 Å². The fourth-order valence-electron chi connectivity index (χ4n) is 7.73. The van der Waals surface area contributed by atoms with Crippen LogP contribution in [0.1, 0.15) is 232 Å². The number of hydrogen-bond donors (Lipinski definition) is 4. The number of carbonyl (C=O) groups is 1. The topological polar surface area (TPSA) is 135 Å². The number of unbranched alkanes of at least 4 members (excludes halogenated alkanes) is 31. The maximum atomic E-state index is 12.8. The molecule has 0 aliphatic carbocycles. The fraction of sp³-hybridized carbons (Fsp3) is 0.979. The van der Waals surface area contributed by atoms with Crippen LogP contribution >= 0.6 is 0 Å². The Hall–Kier alpha value is -0.810. The van der Waals surface area contributed by atoms with Gasteiger partial charge in [-0.2, -0.15) is 0 Å². The molecule has 1 aliphatic rings. The number of aliphatic hydroxyl groups excluding tert-OH is 4. The molecule has 0 aromatic heterocycles. The second-order valence-electron chi connectivity index (χ2n) is 16.9. The lowest BCUT2D eigenvalue weighted by atomic mass is 9.99. The standard InChI is InChI=1S/C47H92O9/c1-3-5-7-9-11-13-15-16-17-18-19-20-21-22-23-24-25-26-28-30-32-34-36-43(49)55-41(40-54-47-46(52)45(51)44(50)42(38-48)56-47)39-53-37-35-33-31-29-27-14-12-10-8-6-4-2/h41-42,44-48,50-52H,3-40H2,1-2H3. The third-order valence-electron chi connectivity index (χ3n) is 11.5. The number of aliphatic hydroxyl groups is 4. The van der Waals surface area contributed by atoms with Crippen LogP contribution in [0, 0.1) is 0 Å². The molecule has 0 amide bonds. The number of hydrogen-bond acceptors (Lipinski definition) is 9. The van der Waals surface area contributed by atoms with Gasteiger partial charge in [-0.05, 0) is 12.8 Å². The Morgan fingerprint density at radius 1 is 0.500 bits per heavy atom. The van der Waals surface area contributed by atoms with Crippen LogP contribution in [0.25, 0.3) is 0 Å². The van der Waals surface area contributed by atoms with E-state index in [0.29, 0.717) is 13.0 Å². The average molecular weight is 801 g/mol. The van der Waals surface area contributed by atoms with Gasteiger partial charge < -0.3 is 39.4 Å². The van der Waals surface area contributed by atoms with E-state index in [0.717, 1.165) is 32.1 Å². The van der Waals surface area contributed by atoms with Gasteiger partial charge in [0, 0.05) is 13.0 Å². The van der Waals surface area contributed by atoms with E-state index in [1.165, 1.54) is 180 Å². The highest BCUT2D eigenvalue weighted by molar-refractivity contribution is 5.69. The van der Waals surface area contributed by atoms with Crippen molar-refractivity contribution in [3.8, 4) is 0 Å². The summed E-state index contributed by atoms with van der Waals surface area (Å²) in [4.78, 5) is 12.8. The fourth-order valence-corrected chi connectivity index (χ4v) is 7.73. The smallest absolute Gasteiger partial charge is 0.306 e. The third kappa shape index (κ3) is 30.3. The molecule has 9 nitrogen and oxygen atoms in total. The van der Waals surface area contributed by atoms with Crippen LogP contribution in [0.4, 0.5) is 0 Å². The summed E-state index contributed by atoms with van der Waals surface area (Å²) >= 11 is 0. The van der Waals surface area contributed by atoms with E-state index in [2.05, 4.69) is 13.8 Å². The number of ether oxygens (including phenoxy) is 4. The first-order chi connectivity index (χ1) is 27.4. The molecule has 0 spiro atoms. The van der Waals surface area contributed by atoms with Crippen LogP contribution in [0.3, 0.4) is 0 Å². The van der Waals surface area contributed by atoms with Gasteiger partial charge in [0.1, 0.15) is 30.5 Å². The Labute approximate surface area is 344 Å². The van der Waals surface area contributed by atoms with Gasteiger partial charge in [-0.25, -0.2) is 0 Å². The van der Waals surface area contributed by atoms with Crippen molar-refractivity contribution in [1.82, 2.24) is 0 Å². The molecule has 0 saturated carbocycles. The first-order valence-corrected chi connectivity index (χ1v) is 24.1. The predicted molar refractivity (Wildman–Crippen MR) is 229 cm³/mol. The molecule has 0 radical (unpaired) electrons. The lowest BCUT2D eigenvalue weighted by Gasteiger charge is -2.39. The Kier molecular flexibility index (Phi) is 37.7. The molecule has 1 rings (SSSR count). The number of carbonyl (C=O) groups excluding carboxylic acids is 1. The molecule has 1 fully saturated rings. The minimum absolute atomic E-state index is 0.105. The molecular weight excluding hydrogens is 709 g/mol. The van der Waals surface area contributed by atoms with Gasteiger partial charge in [0.15, 0.2) is 6.29 Å². The summed E-state index contributed by atoms with van der Waals surface area (Å²) in [6.07, 6.45) is 35.7. The highest BCUT2D eigenvalue weighted by atomic mass is 16.7. The average Bonchev–Trinajstić information content (AvgIpc) is 3.20. The summed E-state index contributed by atoms with van der Waals surface area (Å²) in [6.45, 7) is 4.60. The molecular formula is C47H92O9. The second-order valence-corrected chi connectivity index (χ2v) is 16.9. The maximum absolute atomic E-state index is 12.8. The van der Waals surface area contributed by atoms with E-state index < -0.39 is 43.4 Å². The third-order valence-corrected chi connectivity index (χ3v) is 11.5. The first-order valence-electron chi connectivity index (χ1n) is 24.1. The van der Waals surface area contributed by atoms with Gasteiger partial charge in [0.05, 0.1) is 19.8 Å². The van der Waals surface area contributed by atoms with Crippen molar-refractivity contribution in [1.29, 1.82) is 0 Å². The Morgan fingerprint density at radius 2 is 0.875 bits per heavy atom. The lowest BCUT2D eigenvalue weighted by Crippen LogP contribution is -2.59. The molecule has 1 saturated heterocycles. The van der Waals surface area contributed by atoms with Crippen LogP contribution in [0.15, 0.2) is 0 Å². The molecule has 56 heavy (non-hydrogen) atoms. The largest absolute Gasteiger partial charge is 0.457 e. The van der Waals surface area contributed by atoms with Gasteiger partial charge in [0.25, 0.3) is 0 Å². The van der Waals surface area contributed by atoms with Gasteiger partial charge >= 0.3 is 5.97 Å². The molecule has 4 N–H and O–H groups in total. The molecule has 334 valence electrons. The van der Waals surface area contributed by atoms with Crippen LogP contribution in [-0.4, -0.2) is 89.6 Å². The van der Waals surface area contributed by atoms with Crippen molar-refractivity contribution in [2.75, 3.05) is 26.4 Å². The van der Waals surface area contributed by atoms with Crippen molar-refractivity contribution in [2.24, 2.45) is 0 Å². The Balaban J connectivity index is 2.16. The van der Waals surface area contributed by atoms with Gasteiger partial charge in [0.2, 0.25) is 0 Å². The molecule has 6 unspecified atom stereocenters. The van der Waals surface area contributed by atoms with Gasteiger partial charge in [-0.3, -0.25) is 4.79 Å². The van der Waals surface area contributed by atoms with E-state index in [9.17, 15) is 25.2 Å². The lowest BCUT2D eigenvalue weighted by molar-refractivity contribution is -0.305. The molecule has 6 atom stereocenters. The highest BCUT2D eigenvalue weighted by Gasteiger charge is 2.44. The van der Waals surface area contributed by atoms with E-state index in [4.69, 9.17) is 18.9 Å². The summed E-state index contributed by atoms with van der Waals surface area (Å²) in [5, 5.41) is 40.1. The van der Waals surface area contributed by atoms with E-state index >= 15 is 0 Å². The van der Waals surface area contributed by atoms with Crippen molar-refractivity contribution < 1.29 is 44.2 Å². The second kappa shape index (κ2) is 39.6. The van der Waals surface area contributed by atoms with Crippen LogP contribution in [0.5, 0.6) is 0 Å². The quantitative estimate of drug-likeness (QED) is 0.0351. The molecule has 0 aromatic carbocycles. The zero-order chi connectivity index (χ0) is 40.7. The maximum Gasteiger partial charge on any atom is 0.306 e. The Morgan fingerprint density at radius 3 is 1.27 bits per heavy atom. The first kappa shape index (κ1) is 53.2. The number of rotatable bonds is 42. The van der Waals surface area contributed by atoms with Crippen LogP contribution in [0.2, 0.25) is 0 Å². The molecule has 1 heterocycles. The van der Waals surface area contributed by atoms with E-state index in [1.807, 2.05) is 0 Å². The zero-order valence-corrected chi connectivity index (χ0v) is 36.7. The van der Waals surface area contributed by atoms with Gasteiger partial charge in [-0.1, -0.05) is 213 Å². The van der Waals surface area contributed by atoms with Crippen molar-refractivity contribution in [2.45, 2.75) is 269 Å². The summed E-state index contributed by atoms with van der Waals surface area (Å²) in [5.41, 5.74) is 0. The molecule has 0 aromatic rings. The minimum atomic E-state index is -1.53. The minimum Gasteiger partial charge on any atom is -0.457 e. The number of esters is 1. The SMILES string of the molecule is CCCCCCCCCCCCCCCCCCCCCCCCC(=O)OC(COCCCCCCCCCCCCC)COC1OC(CO)C(O)C(O)C1O. The predicted octanol–water partition coefficient (Wildman–Crippen LogP) is 11.0. The summed E-state index contributed by atoms with van der Waals surface area (Å²) in [7, 11) is 0. The van der Waals surface area contributed by atoms with Crippen molar-refractivity contribution >= 4 is 5.97 Å². The highest BCUT2D eigenvalue weighted by Crippen LogP contribution is 2.23. The molecule has 1 aliphatic heterocycles. The summed E-state index contributed by atoms with van der Waals surface area (Å²) < 4.78 is 22.8. The van der Waals surface area contributed by atoms with Crippen molar-refractivity contribution in [3.63, 3.8) is 0 Å². The van der Waals surface area contributed by atoms with Crippen LogP contribution in [-0.2, 0) is 23.7 Å². The zero-order valence-electron chi connectivity index (χ0n) is 36.7. The Bertz CT molecular complexity index is 827. The monoisotopic (exact) mass is 801 g/mol. The normalized spacial score (nSPS) is 20.4. The van der Waals surface area contributed by atoms with E-state index in [1.54, 1.807) is 0 Å². The van der Waals surface area contributed by atoms with E-state index in [-0.39, 0.29) is 19.2 Å². The molecule has 9 heteroatoms. The molecule has 0 bridgehead atoms.